The first-order chi connectivity index (χ1) is 10.1. The van der Waals surface area contributed by atoms with Crippen LogP contribution in [0.4, 0.5) is 0 Å². The first-order valence-electron chi connectivity index (χ1n) is 7.47. The Bertz CT molecular complexity index is 609. The number of fused-ring (bicyclic) bond motifs is 1. The van der Waals surface area contributed by atoms with Crippen molar-refractivity contribution in [1.29, 1.82) is 0 Å². The molecule has 0 unspecified atom stereocenters. The van der Waals surface area contributed by atoms with Gasteiger partial charge in [0.2, 0.25) is 0 Å². The fraction of sp³-hybridized carbons (Fsp3) is 0.389. The third-order valence-electron chi connectivity index (χ3n) is 4.40. The van der Waals surface area contributed by atoms with Crippen molar-refractivity contribution in [3.63, 3.8) is 0 Å². The maximum absolute atomic E-state index is 11.5. The predicted molar refractivity (Wildman–Crippen MR) is 84.7 cm³/mol. The van der Waals surface area contributed by atoms with Gasteiger partial charge < -0.3 is 9.84 Å². The molecule has 0 fully saturated rings. The normalized spacial score (nSPS) is 11.5. The number of ether oxygens (including phenoxy) is 1. The molecule has 0 aliphatic rings. The number of rotatable bonds is 7. The summed E-state index contributed by atoms with van der Waals surface area (Å²) in [5.74, 6) is 0.0913. The van der Waals surface area contributed by atoms with Gasteiger partial charge in [0, 0.05) is 5.39 Å². The molecular weight excluding hydrogens is 264 g/mol. The van der Waals surface area contributed by atoms with E-state index >= 15 is 0 Å². The quantitative estimate of drug-likeness (QED) is 0.815. The molecule has 2 aromatic carbocycles. The van der Waals surface area contributed by atoms with Gasteiger partial charge in [-0.2, -0.15) is 0 Å². The van der Waals surface area contributed by atoms with Gasteiger partial charge >= 0.3 is 5.97 Å². The molecule has 0 atom stereocenters. The lowest BCUT2D eigenvalue weighted by Gasteiger charge is -2.26. The molecule has 0 radical (unpaired) electrons. The molecule has 2 rings (SSSR count). The van der Waals surface area contributed by atoms with Crippen LogP contribution in [0.1, 0.15) is 33.1 Å². The smallest absolute Gasteiger partial charge is 0.309 e. The lowest BCUT2D eigenvalue weighted by molar-refractivity contribution is -0.150. The minimum Gasteiger partial charge on any atom is -0.493 e. The monoisotopic (exact) mass is 286 g/mol. The van der Waals surface area contributed by atoms with E-state index in [9.17, 15) is 9.90 Å². The Hall–Kier alpha value is -2.03. The third kappa shape index (κ3) is 3.18. The van der Waals surface area contributed by atoms with Crippen molar-refractivity contribution < 1.29 is 14.6 Å². The van der Waals surface area contributed by atoms with Crippen LogP contribution in [0.3, 0.4) is 0 Å². The summed E-state index contributed by atoms with van der Waals surface area (Å²) in [6, 6.07) is 14.0. The third-order valence-corrected chi connectivity index (χ3v) is 4.40. The largest absolute Gasteiger partial charge is 0.493 e. The van der Waals surface area contributed by atoms with Crippen molar-refractivity contribution >= 4 is 16.7 Å². The number of aliphatic carboxylic acids is 1. The zero-order valence-corrected chi connectivity index (χ0v) is 12.6. The fourth-order valence-corrected chi connectivity index (χ4v) is 2.69. The molecule has 0 amide bonds. The highest BCUT2D eigenvalue weighted by atomic mass is 16.5. The van der Waals surface area contributed by atoms with Gasteiger partial charge in [0.15, 0.2) is 0 Å². The second-order valence-corrected chi connectivity index (χ2v) is 5.37. The Labute approximate surface area is 125 Å². The summed E-state index contributed by atoms with van der Waals surface area (Å²) in [6.45, 7) is 4.27. The molecule has 0 aliphatic heterocycles. The maximum atomic E-state index is 11.5. The highest BCUT2D eigenvalue weighted by Gasteiger charge is 2.34. The lowest BCUT2D eigenvalue weighted by Crippen LogP contribution is -2.31. The molecule has 1 N–H and O–H groups in total. The second kappa shape index (κ2) is 6.61. The average Bonchev–Trinajstić information content (AvgIpc) is 2.52. The molecule has 0 saturated heterocycles. The number of carbonyl (C=O) groups is 1. The summed E-state index contributed by atoms with van der Waals surface area (Å²) in [7, 11) is 0. The first-order valence-corrected chi connectivity index (χ1v) is 7.47. The van der Waals surface area contributed by atoms with Crippen molar-refractivity contribution in [2.24, 2.45) is 5.41 Å². The molecule has 0 heterocycles. The molecule has 0 saturated carbocycles. The topological polar surface area (TPSA) is 46.5 Å². The molecule has 3 heteroatoms. The zero-order chi connectivity index (χ0) is 15.3. The number of hydrogen-bond acceptors (Lipinski definition) is 2. The molecule has 21 heavy (non-hydrogen) atoms. The van der Waals surface area contributed by atoms with Gasteiger partial charge in [0.05, 0.1) is 12.0 Å². The summed E-state index contributed by atoms with van der Waals surface area (Å²) < 4.78 is 5.87. The van der Waals surface area contributed by atoms with Crippen LogP contribution < -0.4 is 4.74 Å². The van der Waals surface area contributed by atoms with E-state index in [1.807, 2.05) is 56.3 Å². The Morgan fingerprint density at radius 3 is 2.43 bits per heavy atom. The summed E-state index contributed by atoms with van der Waals surface area (Å²) >= 11 is 0. The zero-order valence-electron chi connectivity index (χ0n) is 12.6. The van der Waals surface area contributed by atoms with Crippen molar-refractivity contribution in [2.75, 3.05) is 6.61 Å². The Morgan fingerprint density at radius 2 is 1.76 bits per heavy atom. The van der Waals surface area contributed by atoms with Crippen LogP contribution in [-0.4, -0.2) is 17.7 Å². The fourth-order valence-electron chi connectivity index (χ4n) is 2.69. The molecule has 0 aromatic heterocycles. The van der Waals surface area contributed by atoms with E-state index in [2.05, 4.69) is 0 Å². The van der Waals surface area contributed by atoms with Crippen LogP contribution in [0, 0.1) is 5.41 Å². The van der Waals surface area contributed by atoms with Gasteiger partial charge in [-0.05, 0) is 30.7 Å². The van der Waals surface area contributed by atoms with Gasteiger partial charge in [-0.1, -0.05) is 50.2 Å². The molecule has 0 bridgehead atoms. The minimum absolute atomic E-state index is 0.419. The van der Waals surface area contributed by atoms with Crippen LogP contribution in [0.25, 0.3) is 10.8 Å². The van der Waals surface area contributed by atoms with E-state index in [-0.39, 0.29) is 0 Å². The molecule has 2 aromatic rings. The van der Waals surface area contributed by atoms with Crippen LogP contribution in [-0.2, 0) is 4.79 Å². The van der Waals surface area contributed by atoms with E-state index in [1.54, 1.807) is 0 Å². The highest BCUT2D eigenvalue weighted by Crippen LogP contribution is 2.32. The number of benzene rings is 2. The maximum Gasteiger partial charge on any atom is 0.309 e. The van der Waals surface area contributed by atoms with Crippen LogP contribution in [0.2, 0.25) is 0 Å². The van der Waals surface area contributed by atoms with Crippen molar-refractivity contribution in [3.8, 4) is 5.75 Å². The summed E-state index contributed by atoms with van der Waals surface area (Å²) in [5.41, 5.74) is -0.676. The molecular formula is C18H22O3. The van der Waals surface area contributed by atoms with Crippen molar-refractivity contribution in [1.82, 2.24) is 0 Å². The second-order valence-electron chi connectivity index (χ2n) is 5.37. The van der Waals surface area contributed by atoms with E-state index in [0.717, 1.165) is 16.5 Å². The number of carboxylic acid groups (broad SMARTS) is 1. The Kier molecular flexibility index (Phi) is 4.84. The number of carboxylic acids is 1. The van der Waals surface area contributed by atoms with Gasteiger partial charge in [-0.15, -0.1) is 0 Å². The molecule has 3 nitrogen and oxygen atoms in total. The van der Waals surface area contributed by atoms with Crippen molar-refractivity contribution in [2.45, 2.75) is 33.1 Å². The van der Waals surface area contributed by atoms with E-state index in [4.69, 9.17) is 4.74 Å². The van der Waals surface area contributed by atoms with E-state index in [1.165, 1.54) is 0 Å². The van der Waals surface area contributed by atoms with Crippen LogP contribution >= 0.6 is 0 Å². The van der Waals surface area contributed by atoms with Gasteiger partial charge in [-0.3, -0.25) is 4.79 Å². The minimum atomic E-state index is -0.728. The number of hydrogen-bond donors (Lipinski definition) is 1. The van der Waals surface area contributed by atoms with Crippen LogP contribution in [0.15, 0.2) is 42.5 Å². The summed E-state index contributed by atoms with van der Waals surface area (Å²) in [6.07, 6.45) is 1.77. The van der Waals surface area contributed by atoms with Gasteiger partial charge in [-0.25, -0.2) is 0 Å². The van der Waals surface area contributed by atoms with Crippen LogP contribution in [0.5, 0.6) is 5.75 Å². The van der Waals surface area contributed by atoms with Crippen molar-refractivity contribution in [3.05, 3.63) is 42.5 Å². The highest BCUT2D eigenvalue weighted by molar-refractivity contribution is 5.88. The Balaban J connectivity index is 2.10. The van der Waals surface area contributed by atoms with Gasteiger partial charge in [0.25, 0.3) is 0 Å². The summed E-state index contributed by atoms with van der Waals surface area (Å²) in [4.78, 5) is 11.5. The first kappa shape index (κ1) is 15.4. The SMILES string of the molecule is CCC(CC)(CCOc1cccc2ccccc12)C(=O)O. The molecule has 112 valence electrons. The lowest BCUT2D eigenvalue weighted by atomic mass is 9.79. The Morgan fingerprint density at radius 1 is 1.10 bits per heavy atom. The van der Waals surface area contributed by atoms with E-state index in [0.29, 0.717) is 25.9 Å². The average molecular weight is 286 g/mol. The van der Waals surface area contributed by atoms with E-state index < -0.39 is 11.4 Å². The molecule has 0 aliphatic carbocycles. The predicted octanol–water partition coefficient (Wildman–Crippen LogP) is 4.50. The summed E-state index contributed by atoms with van der Waals surface area (Å²) in [5, 5.41) is 11.6. The standard InChI is InChI=1S/C18H22O3/c1-3-18(4-2,17(19)20)12-13-21-16-11-7-9-14-8-5-6-10-15(14)16/h5-11H,3-4,12-13H2,1-2H3,(H,19,20). The van der Waals surface area contributed by atoms with Gasteiger partial charge in [0.1, 0.15) is 5.75 Å². The molecule has 0 spiro atoms.